The molecule has 25 heavy (non-hydrogen) atoms. The molecule has 0 aliphatic rings. The van der Waals surface area contributed by atoms with Crippen molar-refractivity contribution in [2.24, 2.45) is 0 Å². The highest BCUT2D eigenvalue weighted by Crippen LogP contribution is 2.36. The predicted molar refractivity (Wildman–Crippen MR) is 91.4 cm³/mol. The second-order valence-corrected chi connectivity index (χ2v) is 5.29. The van der Waals surface area contributed by atoms with Gasteiger partial charge in [-0.3, -0.25) is 10.1 Å². The number of rotatable bonds is 7. The van der Waals surface area contributed by atoms with Gasteiger partial charge in [0.15, 0.2) is 11.5 Å². The molecule has 8 heteroatoms. The molecule has 0 aliphatic heterocycles. The summed E-state index contributed by atoms with van der Waals surface area (Å²) in [5, 5.41) is 11.2. The Balaban J connectivity index is 2.19. The van der Waals surface area contributed by atoms with E-state index in [0.29, 0.717) is 23.7 Å². The Morgan fingerprint density at radius 1 is 1.28 bits per heavy atom. The maximum Gasteiger partial charge on any atom is 0.338 e. The molecule has 2 aromatic carbocycles. The van der Waals surface area contributed by atoms with Crippen LogP contribution in [0, 0.1) is 10.1 Å². The molecule has 0 N–H and O–H groups in total. The van der Waals surface area contributed by atoms with Gasteiger partial charge in [-0.1, -0.05) is 23.7 Å². The number of nitrogens with zero attached hydrogens (tertiary/aromatic N) is 1. The number of hydrogen-bond donors (Lipinski definition) is 0. The Bertz CT molecular complexity index is 793. The van der Waals surface area contributed by atoms with Gasteiger partial charge < -0.3 is 14.2 Å². The van der Waals surface area contributed by atoms with Crippen molar-refractivity contribution >= 4 is 23.3 Å². The predicted octanol–water partition coefficient (Wildman–Crippen LogP) is 4.01. The van der Waals surface area contributed by atoms with Gasteiger partial charge in [0.25, 0.3) is 5.69 Å². The number of benzene rings is 2. The van der Waals surface area contributed by atoms with Crippen LogP contribution in [0.1, 0.15) is 22.8 Å². The molecule has 7 nitrogen and oxygen atoms in total. The Labute approximate surface area is 149 Å². The molecule has 0 bridgehead atoms. The number of para-hydroxylation sites is 1. The molecule has 2 aromatic rings. The average molecular weight is 366 g/mol. The van der Waals surface area contributed by atoms with Gasteiger partial charge >= 0.3 is 5.97 Å². The Kier molecular flexibility index (Phi) is 6.19. The fourth-order valence-corrected chi connectivity index (χ4v) is 2.42. The lowest BCUT2D eigenvalue weighted by atomic mass is 10.2. The number of carbonyl (C=O) groups excluding carboxylic acids is 1. The van der Waals surface area contributed by atoms with E-state index >= 15 is 0 Å². The minimum absolute atomic E-state index is 0.113. The average Bonchev–Trinajstić information content (AvgIpc) is 2.61. The minimum Gasteiger partial charge on any atom is -0.493 e. The normalized spacial score (nSPS) is 10.2. The van der Waals surface area contributed by atoms with E-state index in [2.05, 4.69) is 0 Å². The summed E-state index contributed by atoms with van der Waals surface area (Å²) in [6.07, 6.45) is 0. The van der Waals surface area contributed by atoms with Crippen LogP contribution >= 0.6 is 11.6 Å². The molecule has 0 fully saturated rings. The summed E-state index contributed by atoms with van der Waals surface area (Å²) in [4.78, 5) is 22.7. The molecule has 0 aromatic heterocycles. The van der Waals surface area contributed by atoms with Crippen LogP contribution in [0.25, 0.3) is 0 Å². The lowest BCUT2D eigenvalue weighted by Gasteiger charge is -2.13. The van der Waals surface area contributed by atoms with Crippen LogP contribution in [0.3, 0.4) is 0 Å². The molecule has 0 spiro atoms. The number of halogens is 1. The smallest absolute Gasteiger partial charge is 0.338 e. The highest BCUT2D eigenvalue weighted by molar-refractivity contribution is 6.32. The molecule has 0 atom stereocenters. The molecule has 0 heterocycles. The van der Waals surface area contributed by atoms with E-state index in [1.807, 2.05) is 0 Å². The van der Waals surface area contributed by atoms with Crippen molar-refractivity contribution in [3.05, 3.63) is 62.7 Å². The van der Waals surface area contributed by atoms with E-state index in [-0.39, 0.29) is 22.9 Å². The monoisotopic (exact) mass is 365 g/mol. The summed E-state index contributed by atoms with van der Waals surface area (Å²) in [5.41, 5.74) is 0.339. The summed E-state index contributed by atoms with van der Waals surface area (Å²) in [5.74, 6) is -0.0460. The second-order valence-electron chi connectivity index (χ2n) is 4.88. The summed E-state index contributed by atoms with van der Waals surface area (Å²) in [7, 11) is 1.43. The van der Waals surface area contributed by atoms with Crippen LogP contribution < -0.4 is 9.47 Å². The summed E-state index contributed by atoms with van der Waals surface area (Å²) >= 11 is 6.12. The van der Waals surface area contributed by atoms with Crippen LogP contribution in [0.15, 0.2) is 36.4 Å². The quantitative estimate of drug-likeness (QED) is 0.418. The number of esters is 1. The lowest BCUT2D eigenvalue weighted by molar-refractivity contribution is -0.385. The maximum atomic E-state index is 12.2. The second kappa shape index (κ2) is 8.34. The van der Waals surface area contributed by atoms with Gasteiger partial charge in [0.2, 0.25) is 0 Å². The Hall–Kier alpha value is -2.80. The van der Waals surface area contributed by atoms with E-state index in [0.717, 1.165) is 0 Å². The van der Waals surface area contributed by atoms with E-state index < -0.39 is 10.9 Å². The zero-order chi connectivity index (χ0) is 18.4. The van der Waals surface area contributed by atoms with E-state index in [4.69, 9.17) is 25.8 Å². The first-order valence-corrected chi connectivity index (χ1v) is 7.75. The molecular formula is C17H16ClNO6. The van der Waals surface area contributed by atoms with Crippen LogP contribution in [-0.2, 0) is 11.3 Å². The first-order valence-electron chi connectivity index (χ1n) is 7.37. The van der Waals surface area contributed by atoms with E-state index in [9.17, 15) is 14.9 Å². The Morgan fingerprint density at radius 3 is 2.64 bits per heavy atom. The van der Waals surface area contributed by atoms with Gasteiger partial charge in [-0.05, 0) is 25.1 Å². The van der Waals surface area contributed by atoms with E-state index in [1.54, 1.807) is 19.1 Å². The number of nitro groups is 1. The number of ether oxygens (including phenoxy) is 3. The van der Waals surface area contributed by atoms with Gasteiger partial charge in [0.1, 0.15) is 6.61 Å². The van der Waals surface area contributed by atoms with Crippen molar-refractivity contribution in [1.29, 1.82) is 0 Å². The van der Waals surface area contributed by atoms with Crippen molar-refractivity contribution in [3.63, 3.8) is 0 Å². The largest absolute Gasteiger partial charge is 0.493 e. The van der Waals surface area contributed by atoms with Crippen molar-refractivity contribution in [2.75, 3.05) is 13.7 Å². The summed E-state index contributed by atoms with van der Waals surface area (Å²) < 4.78 is 15.7. The highest BCUT2D eigenvalue weighted by atomic mass is 35.5. The Morgan fingerprint density at radius 2 is 2.00 bits per heavy atom. The number of methoxy groups -OCH3 is 1. The molecular weight excluding hydrogens is 350 g/mol. The van der Waals surface area contributed by atoms with Crippen LogP contribution in [-0.4, -0.2) is 24.6 Å². The van der Waals surface area contributed by atoms with Crippen molar-refractivity contribution in [3.8, 4) is 11.5 Å². The third kappa shape index (κ3) is 4.39. The maximum absolute atomic E-state index is 12.2. The first-order chi connectivity index (χ1) is 12.0. The fraction of sp³-hybridized carbons (Fsp3) is 0.235. The molecule has 0 radical (unpaired) electrons. The van der Waals surface area contributed by atoms with Gasteiger partial charge in [0, 0.05) is 6.07 Å². The molecule has 132 valence electrons. The third-order valence-corrected chi connectivity index (χ3v) is 3.58. The number of carbonyl (C=O) groups is 1. The molecule has 0 unspecified atom stereocenters. The van der Waals surface area contributed by atoms with Crippen molar-refractivity contribution in [2.45, 2.75) is 13.5 Å². The summed E-state index contributed by atoms with van der Waals surface area (Å²) in [6, 6.07) is 8.89. The molecule has 0 saturated heterocycles. The van der Waals surface area contributed by atoms with E-state index in [1.165, 1.54) is 31.4 Å². The highest BCUT2D eigenvalue weighted by Gasteiger charge is 2.18. The summed E-state index contributed by atoms with van der Waals surface area (Å²) in [6.45, 7) is 1.95. The van der Waals surface area contributed by atoms with Crippen molar-refractivity contribution < 1.29 is 23.9 Å². The molecule has 0 saturated carbocycles. The standard InChI is InChI=1S/C17H16ClNO6/c1-3-24-16-13(18)8-12(9-15(16)23-2)17(20)25-10-11-6-4-5-7-14(11)19(21)22/h4-9H,3,10H2,1-2H3. The van der Waals surface area contributed by atoms with Crippen molar-refractivity contribution in [1.82, 2.24) is 0 Å². The SMILES string of the molecule is CCOc1c(Cl)cc(C(=O)OCc2ccccc2[N+](=O)[O-])cc1OC. The zero-order valence-electron chi connectivity index (χ0n) is 13.7. The molecule has 0 aliphatic carbocycles. The topological polar surface area (TPSA) is 87.9 Å². The number of hydrogen-bond acceptors (Lipinski definition) is 6. The molecule has 2 rings (SSSR count). The van der Waals surface area contributed by atoms with Crippen LogP contribution in [0.2, 0.25) is 5.02 Å². The third-order valence-electron chi connectivity index (χ3n) is 3.30. The first kappa shape index (κ1) is 18.5. The van der Waals surface area contributed by atoms with Crippen LogP contribution in [0.5, 0.6) is 11.5 Å². The zero-order valence-corrected chi connectivity index (χ0v) is 14.4. The lowest BCUT2D eigenvalue weighted by Crippen LogP contribution is -2.07. The van der Waals surface area contributed by atoms with Crippen LogP contribution in [0.4, 0.5) is 5.69 Å². The minimum atomic E-state index is -0.679. The van der Waals surface area contributed by atoms with Gasteiger partial charge in [0.05, 0.1) is 34.8 Å². The number of nitro benzene ring substituents is 1. The van der Waals surface area contributed by atoms with Gasteiger partial charge in [-0.25, -0.2) is 4.79 Å². The van der Waals surface area contributed by atoms with Gasteiger partial charge in [-0.15, -0.1) is 0 Å². The fourth-order valence-electron chi connectivity index (χ4n) is 2.16. The van der Waals surface area contributed by atoms with Gasteiger partial charge in [-0.2, -0.15) is 0 Å². The molecule has 0 amide bonds.